The highest BCUT2D eigenvalue weighted by molar-refractivity contribution is 14.0. The number of ether oxygens (including phenoxy) is 1. The van der Waals surface area contributed by atoms with Crippen LogP contribution < -0.4 is 15.4 Å². The van der Waals surface area contributed by atoms with Crippen LogP contribution >= 0.6 is 35.7 Å². The molecule has 0 spiro atoms. The van der Waals surface area contributed by atoms with Gasteiger partial charge >= 0.3 is 0 Å². The number of aliphatic imine (C=N–C) groups is 1. The number of nitrogens with zero attached hydrogens (tertiary/aromatic N) is 2. The van der Waals surface area contributed by atoms with Crippen LogP contribution in [0.3, 0.4) is 0 Å². The fourth-order valence-corrected chi connectivity index (χ4v) is 3.37. The second kappa shape index (κ2) is 14.4. The van der Waals surface area contributed by atoms with E-state index < -0.39 is 0 Å². The molecule has 1 aliphatic carbocycles. The second-order valence-corrected chi connectivity index (χ2v) is 7.33. The molecule has 2 rings (SSSR count). The lowest BCUT2D eigenvalue weighted by Crippen LogP contribution is -2.37. The maximum absolute atomic E-state index is 5.98. The number of unbranched alkanes of at least 4 members (excludes halogenated alkanes) is 1. The summed E-state index contributed by atoms with van der Waals surface area (Å²) in [5, 5.41) is 6.71. The molecule has 0 atom stereocenters. The summed E-state index contributed by atoms with van der Waals surface area (Å²) in [6, 6.07) is 4.02. The number of hydrogen-bond acceptors (Lipinski definition) is 4. The smallest absolute Gasteiger partial charge is 0.213 e. The molecule has 0 radical (unpaired) electrons. The van der Waals surface area contributed by atoms with Crippen molar-refractivity contribution in [2.45, 2.75) is 58.1 Å². The normalized spacial score (nSPS) is 14.8. The van der Waals surface area contributed by atoms with Gasteiger partial charge in [-0.2, -0.15) is 11.8 Å². The molecule has 1 aromatic rings. The highest BCUT2D eigenvalue weighted by Gasteiger charge is 2.16. The Balaban J connectivity index is 0.00000338. The molecule has 1 fully saturated rings. The molecule has 1 heterocycles. The van der Waals surface area contributed by atoms with Crippen LogP contribution in [0.15, 0.2) is 23.3 Å². The van der Waals surface area contributed by atoms with E-state index >= 15 is 0 Å². The molecule has 148 valence electrons. The number of nitrogens with one attached hydrogen (secondary N) is 2. The van der Waals surface area contributed by atoms with Crippen LogP contribution in [-0.2, 0) is 6.54 Å². The first-order valence-corrected chi connectivity index (χ1v) is 10.8. The van der Waals surface area contributed by atoms with Crippen LogP contribution in [0.2, 0.25) is 0 Å². The standard InChI is InChI=1S/C19H32N4OS.HI/c1-3-20-19(22-11-6-7-13-25-2)23-15-16-10-12-21-18(14-16)24-17-8-4-5-9-17;/h10,12,14,17H,3-9,11,13,15H2,1-2H3,(H2,20,22,23);1H. The van der Waals surface area contributed by atoms with Crippen molar-refractivity contribution < 1.29 is 4.74 Å². The van der Waals surface area contributed by atoms with Gasteiger partial charge in [-0.05, 0) is 69.1 Å². The van der Waals surface area contributed by atoms with E-state index in [1.807, 2.05) is 30.1 Å². The Morgan fingerprint density at radius 1 is 1.31 bits per heavy atom. The van der Waals surface area contributed by atoms with Crippen molar-refractivity contribution >= 4 is 41.7 Å². The predicted molar refractivity (Wildman–Crippen MR) is 123 cm³/mol. The first kappa shape index (κ1) is 23.3. The van der Waals surface area contributed by atoms with Gasteiger partial charge in [0.25, 0.3) is 0 Å². The van der Waals surface area contributed by atoms with Gasteiger partial charge in [0.1, 0.15) is 6.10 Å². The molecule has 0 saturated heterocycles. The Morgan fingerprint density at radius 3 is 2.85 bits per heavy atom. The van der Waals surface area contributed by atoms with E-state index in [9.17, 15) is 0 Å². The highest BCUT2D eigenvalue weighted by Crippen LogP contribution is 2.23. The van der Waals surface area contributed by atoms with Gasteiger partial charge in [0.15, 0.2) is 5.96 Å². The van der Waals surface area contributed by atoms with Gasteiger partial charge < -0.3 is 15.4 Å². The maximum Gasteiger partial charge on any atom is 0.213 e. The molecule has 0 aromatic carbocycles. The van der Waals surface area contributed by atoms with Crippen LogP contribution in [0, 0.1) is 0 Å². The monoisotopic (exact) mass is 492 g/mol. The summed E-state index contributed by atoms with van der Waals surface area (Å²) < 4.78 is 5.98. The molecule has 0 amide bonds. The van der Waals surface area contributed by atoms with Crippen molar-refractivity contribution in [1.29, 1.82) is 0 Å². The van der Waals surface area contributed by atoms with Crippen LogP contribution in [-0.4, -0.2) is 42.1 Å². The molecule has 7 heteroatoms. The van der Waals surface area contributed by atoms with Gasteiger partial charge in [-0.15, -0.1) is 24.0 Å². The number of halogens is 1. The largest absolute Gasteiger partial charge is 0.474 e. The lowest BCUT2D eigenvalue weighted by molar-refractivity contribution is 0.201. The van der Waals surface area contributed by atoms with E-state index in [1.54, 1.807) is 0 Å². The minimum Gasteiger partial charge on any atom is -0.474 e. The summed E-state index contributed by atoms with van der Waals surface area (Å²) in [6.07, 6.45) is 11.5. The third-order valence-electron chi connectivity index (χ3n) is 4.22. The maximum atomic E-state index is 5.98. The van der Waals surface area contributed by atoms with Crippen molar-refractivity contribution in [2.24, 2.45) is 4.99 Å². The highest BCUT2D eigenvalue weighted by atomic mass is 127. The number of pyridine rings is 1. The zero-order chi connectivity index (χ0) is 17.7. The Morgan fingerprint density at radius 2 is 2.12 bits per heavy atom. The number of hydrogen-bond donors (Lipinski definition) is 2. The van der Waals surface area contributed by atoms with Gasteiger partial charge in [0.05, 0.1) is 6.54 Å². The molecular weight excluding hydrogens is 459 g/mol. The SMILES string of the molecule is CCNC(=NCc1ccnc(OC2CCCC2)c1)NCCCCSC.I. The minimum absolute atomic E-state index is 0. The Bertz CT molecular complexity index is 524. The first-order chi connectivity index (χ1) is 12.3. The van der Waals surface area contributed by atoms with Crippen LogP contribution in [0.1, 0.15) is 51.0 Å². The van der Waals surface area contributed by atoms with Crippen molar-refractivity contribution in [1.82, 2.24) is 15.6 Å². The predicted octanol–water partition coefficient (Wildman–Crippen LogP) is 4.22. The molecule has 5 nitrogen and oxygen atoms in total. The average Bonchev–Trinajstić information content (AvgIpc) is 3.13. The van der Waals surface area contributed by atoms with Gasteiger partial charge in [-0.1, -0.05) is 0 Å². The molecule has 2 N–H and O–H groups in total. The summed E-state index contributed by atoms with van der Waals surface area (Å²) >= 11 is 1.90. The van der Waals surface area contributed by atoms with Gasteiger partial charge in [0.2, 0.25) is 5.88 Å². The van der Waals surface area contributed by atoms with E-state index in [0.717, 1.165) is 43.3 Å². The van der Waals surface area contributed by atoms with Crippen molar-refractivity contribution in [3.05, 3.63) is 23.9 Å². The summed E-state index contributed by atoms with van der Waals surface area (Å²) in [6.45, 7) is 4.54. The number of rotatable bonds is 10. The molecule has 1 aliphatic rings. The molecule has 1 aromatic heterocycles. The van der Waals surface area contributed by atoms with Gasteiger partial charge in [-0.3, -0.25) is 0 Å². The molecule has 0 unspecified atom stereocenters. The lowest BCUT2D eigenvalue weighted by atomic mass is 10.2. The zero-order valence-corrected chi connectivity index (χ0v) is 19.1. The average molecular weight is 492 g/mol. The van der Waals surface area contributed by atoms with E-state index in [4.69, 9.17) is 4.74 Å². The van der Waals surface area contributed by atoms with Crippen molar-refractivity contribution in [3.8, 4) is 5.88 Å². The minimum atomic E-state index is 0. The van der Waals surface area contributed by atoms with Gasteiger partial charge in [0, 0.05) is 25.4 Å². The van der Waals surface area contributed by atoms with Gasteiger partial charge in [-0.25, -0.2) is 9.98 Å². The molecule has 1 saturated carbocycles. The fourth-order valence-electron chi connectivity index (χ4n) is 2.88. The Labute approximate surface area is 179 Å². The number of thioether (sulfide) groups is 1. The molecular formula is C19H33IN4OS. The van der Waals surface area contributed by atoms with Crippen molar-refractivity contribution in [3.63, 3.8) is 0 Å². The molecule has 0 aliphatic heterocycles. The van der Waals surface area contributed by atoms with E-state index in [1.165, 1.54) is 31.4 Å². The third-order valence-corrected chi connectivity index (χ3v) is 4.92. The lowest BCUT2D eigenvalue weighted by Gasteiger charge is -2.13. The third kappa shape index (κ3) is 9.30. The molecule has 26 heavy (non-hydrogen) atoms. The summed E-state index contributed by atoms with van der Waals surface area (Å²) in [5.41, 5.74) is 1.13. The summed E-state index contributed by atoms with van der Waals surface area (Å²) in [5.74, 6) is 2.83. The first-order valence-electron chi connectivity index (χ1n) is 9.44. The second-order valence-electron chi connectivity index (χ2n) is 6.35. The summed E-state index contributed by atoms with van der Waals surface area (Å²) in [4.78, 5) is 9.02. The van der Waals surface area contributed by atoms with Crippen LogP contribution in [0.5, 0.6) is 5.88 Å². The van der Waals surface area contributed by atoms with Crippen LogP contribution in [0.4, 0.5) is 0 Å². The fraction of sp³-hybridized carbons (Fsp3) is 0.684. The number of aromatic nitrogens is 1. The quantitative estimate of drug-likeness (QED) is 0.222. The van der Waals surface area contributed by atoms with Crippen LogP contribution in [0.25, 0.3) is 0 Å². The van der Waals surface area contributed by atoms with Crippen molar-refractivity contribution in [2.75, 3.05) is 25.1 Å². The van der Waals surface area contributed by atoms with E-state index in [-0.39, 0.29) is 24.0 Å². The molecule has 0 bridgehead atoms. The summed E-state index contributed by atoms with van der Waals surface area (Å²) in [7, 11) is 0. The Hall–Kier alpha value is -0.700. The van der Waals surface area contributed by atoms with E-state index in [0.29, 0.717) is 12.6 Å². The Kier molecular flexibility index (Phi) is 12.9. The number of guanidine groups is 1. The zero-order valence-electron chi connectivity index (χ0n) is 16.0. The van der Waals surface area contributed by atoms with E-state index in [2.05, 4.69) is 33.8 Å². The topological polar surface area (TPSA) is 58.5 Å².